The molecule has 0 unspecified atom stereocenters. The third kappa shape index (κ3) is 4.22. The number of carbonyl (C=O) groups is 2. The van der Waals surface area contributed by atoms with Crippen LogP contribution in [0.15, 0.2) is 82.7 Å². The molecule has 0 radical (unpaired) electrons. The van der Waals surface area contributed by atoms with Crippen LogP contribution in [0.25, 0.3) is 5.57 Å². The maximum absolute atomic E-state index is 13.2. The first kappa shape index (κ1) is 19.7. The average Bonchev–Trinajstić information content (AvgIpc) is 2.95. The van der Waals surface area contributed by atoms with Crippen LogP contribution in [0.3, 0.4) is 0 Å². The fourth-order valence-electron chi connectivity index (χ4n) is 2.94. The van der Waals surface area contributed by atoms with Gasteiger partial charge in [-0.3, -0.25) is 19.5 Å². The van der Waals surface area contributed by atoms with Crippen LogP contribution < -0.4 is 0 Å². The van der Waals surface area contributed by atoms with Crippen LogP contribution in [0, 0.1) is 0 Å². The number of rotatable bonds is 5. The van der Waals surface area contributed by atoms with Gasteiger partial charge in [0, 0.05) is 21.1 Å². The molecule has 1 aliphatic rings. The third-order valence-corrected chi connectivity index (χ3v) is 5.93. The highest BCUT2D eigenvalue weighted by atomic mass is 35.5. The van der Waals surface area contributed by atoms with Crippen LogP contribution in [0.5, 0.6) is 0 Å². The summed E-state index contributed by atoms with van der Waals surface area (Å²) in [5, 5.41) is 1.16. The monoisotopic (exact) mass is 440 g/mol. The Balaban J connectivity index is 1.74. The van der Waals surface area contributed by atoms with Crippen LogP contribution in [0.2, 0.25) is 10.0 Å². The van der Waals surface area contributed by atoms with Gasteiger partial charge in [0.25, 0.3) is 11.8 Å². The van der Waals surface area contributed by atoms with E-state index in [0.717, 1.165) is 4.90 Å². The van der Waals surface area contributed by atoms with Gasteiger partial charge in [-0.1, -0.05) is 53.2 Å². The second-order valence-corrected chi connectivity index (χ2v) is 8.24. The van der Waals surface area contributed by atoms with Crippen molar-refractivity contribution in [2.24, 2.45) is 0 Å². The minimum absolute atomic E-state index is 0.111. The Morgan fingerprint density at radius 2 is 1.48 bits per heavy atom. The van der Waals surface area contributed by atoms with Crippen molar-refractivity contribution in [3.63, 3.8) is 0 Å². The maximum Gasteiger partial charge on any atom is 0.268 e. The van der Waals surface area contributed by atoms with Gasteiger partial charge in [0.15, 0.2) is 0 Å². The number of amides is 2. The van der Waals surface area contributed by atoms with Crippen LogP contribution in [-0.2, 0) is 16.1 Å². The lowest BCUT2D eigenvalue weighted by molar-refractivity contribution is -0.137. The van der Waals surface area contributed by atoms with Crippen molar-refractivity contribution in [3.8, 4) is 0 Å². The normalized spacial score (nSPS) is 14.1. The Kier molecular flexibility index (Phi) is 5.72. The van der Waals surface area contributed by atoms with Gasteiger partial charge in [0.1, 0.15) is 0 Å². The maximum atomic E-state index is 13.2. The van der Waals surface area contributed by atoms with E-state index < -0.39 is 0 Å². The molecule has 1 aromatic heterocycles. The summed E-state index contributed by atoms with van der Waals surface area (Å²) in [4.78, 5) is 33.1. The standard InChI is InChI=1S/C22H14Cl2N2O2S/c23-15-6-4-14(5-7-15)19-20(29-18-10-8-16(24)9-11-18)22(28)26(21(19)27)13-17-3-1-2-12-25-17/h1-12H,13H2. The minimum atomic E-state index is -0.348. The van der Waals surface area contributed by atoms with Crippen molar-refractivity contribution >= 4 is 52.4 Å². The average molecular weight is 441 g/mol. The van der Waals surface area contributed by atoms with E-state index in [1.807, 2.05) is 18.2 Å². The fourth-order valence-corrected chi connectivity index (χ4v) is 4.20. The zero-order chi connectivity index (χ0) is 20.4. The van der Waals surface area contributed by atoms with Gasteiger partial charge >= 0.3 is 0 Å². The molecule has 2 heterocycles. The predicted octanol–water partition coefficient (Wildman–Crippen LogP) is 5.46. The highest BCUT2D eigenvalue weighted by molar-refractivity contribution is 8.04. The molecule has 7 heteroatoms. The van der Waals surface area contributed by atoms with Crippen LogP contribution in [0.4, 0.5) is 0 Å². The van der Waals surface area contributed by atoms with E-state index in [0.29, 0.717) is 31.8 Å². The summed E-state index contributed by atoms with van der Waals surface area (Å²) in [7, 11) is 0. The van der Waals surface area contributed by atoms with Crippen molar-refractivity contribution in [2.45, 2.75) is 11.4 Å². The Bertz CT molecular complexity index is 1100. The molecule has 0 saturated heterocycles. The first-order valence-corrected chi connectivity index (χ1v) is 10.3. The molecule has 0 spiro atoms. The van der Waals surface area contributed by atoms with E-state index >= 15 is 0 Å². The molecule has 4 rings (SSSR count). The fraction of sp³-hybridized carbons (Fsp3) is 0.0455. The zero-order valence-corrected chi connectivity index (χ0v) is 17.3. The molecular formula is C22H14Cl2N2O2S. The van der Waals surface area contributed by atoms with Gasteiger partial charge in [0.2, 0.25) is 0 Å². The number of carbonyl (C=O) groups excluding carboxylic acids is 2. The van der Waals surface area contributed by atoms with Gasteiger partial charge in [-0.2, -0.15) is 0 Å². The number of hydrogen-bond donors (Lipinski definition) is 0. The van der Waals surface area contributed by atoms with Crippen molar-refractivity contribution in [3.05, 3.63) is 99.1 Å². The number of pyridine rings is 1. The van der Waals surface area contributed by atoms with E-state index in [1.54, 1.807) is 54.7 Å². The van der Waals surface area contributed by atoms with Gasteiger partial charge in [-0.25, -0.2) is 0 Å². The van der Waals surface area contributed by atoms with E-state index in [2.05, 4.69) is 4.98 Å². The summed E-state index contributed by atoms with van der Waals surface area (Å²) in [5.41, 5.74) is 1.65. The van der Waals surface area contributed by atoms with Crippen LogP contribution in [0.1, 0.15) is 11.3 Å². The van der Waals surface area contributed by atoms with Crippen molar-refractivity contribution in [1.82, 2.24) is 9.88 Å². The molecule has 0 N–H and O–H groups in total. The number of benzene rings is 2. The molecule has 2 amide bonds. The molecule has 0 saturated carbocycles. The molecule has 4 nitrogen and oxygen atoms in total. The summed E-state index contributed by atoms with van der Waals surface area (Å²) < 4.78 is 0. The number of nitrogens with zero attached hydrogens (tertiary/aromatic N) is 2. The van der Waals surface area contributed by atoms with Crippen LogP contribution in [-0.4, -0.2) is 21.7 Å². The number of imide groups is 1. The Morgan fingerprint density at radius 3 is 2.10 bits per heavy atom. The zero-order valence-electron chi connectivity index (χ0n) is 15.0. The van der Waals surface area contributed by atoms with E-state index in [9.17, 15) is 9.59 Å². The topological polar surface area (TPSA) is 50.3 Å². The summed E-state index contributed by atoms with van der Waals surface area (Å²) in [6, 6.07) is 19.4. The highest BCUT2D eigenvalue weighted by Crippen LogP contribution is 2.40. The lowest BCUT2D eigenvalue weighted by atomic mass is 10.1. The second-order valence-electron chi connectivity index (χ2n) is 6.28. The first-order valence-electron chi connectivity index (χ1n) is 8.72. The summed E-state index contributed by atoms with van der Waals surface area (Å²) in [6.45, 7) is 0.111. The molecule has 144 valence electrons. The molecule has 29 heavy (non-hydrogen) atoms. The van der Waals surface area contributed by atoms with E-state index in [-0.39, 0.29) is 18.4 Å². The van der Waals surface area contributed by atoms with Crippen LogP contribution >= 0.6 is 35.0 Å². The lowest BCUT2D eigenvalue weighted by Gasteiger charge is -2.14. The lowest BCUT2D eigenvalue weighted by Crippen LogP contribution is -2.31. The number of hydrogen-bond acceptors (Lipinski definition) is 4. The summed E-state index contributed by atoms with van der Waals surface area (Å²) in [6.07, 6.45) is 1.64. The van der Waals surface area contributed by atoms with E-state index in [1.165, 1.54) is 16.7 Å². The van der Waals surface area contributed by atoms with Crippen molar-refractivity contribution < 1.29 is 9.59 Å². The van der Waals surface area contributed by atoms with Gasteiger partial charge < -0.3 is 0 Å². The first-order chi connectivity index (χ1) is 14.0. The molecule has 0 atom stereocenters. The predicted molar refractivity (Wildman–Crippen MR) is 115 cm³/mol. The molecule has 0 bridgehead atoms. The summed E-state index contributed by atoms with van der Waals surface area (Å²) in [5.74, 6) is -0.690. The molecular weight excluding hydrogens is 427 g/mol. The third-order valence-electron chi connectivity index (χ3n) is 4.34. The number of thioether (sulfide) groups is 1. The Labute approximate surface area is 182 Å². The number of aromatic nitrogens is 1. The van der Waals surface area contributed by atoms with Gasteiger partial charge in [0.05, 0.1) is 22.7 Å². The Hall–Kier alpha value is -2.60. The molecule has 2 aromatic carbocycles. The summed E-state index contributed by atoms with van der Waals surface area (Å²) >= 11 is 13.2. The van der Waals surface area contributed by atoms with Crippen molar-refractivity contribution in [1.29, 1.82) is 0 Å². The quantitative estimate of drug-likeness (QED) is 0.494. The smallest absolute Gasteiger partial charge is 0.268 e. The highest BCUT2D eigenvalue weighted by Gasteiger charge is 2.39. The molecule has 1 aliphatic heterocycles. The second kappa shape index (κ2) is 8.41. The molecule has 0 aliphatic carbocycles. The number of halogens is 2. The SMILES string of the molecule is O=C1C(Sc2ccc(Cl)cc2)=C(c2ccc(Cl)cc2)C(=O)N1Cc1ccccn1. The van der Waals surface area contributed by atoms with Gasteiger partial charge in [-0.15, -0.1) is 0 Å². The minimum Gasteiger partial charge on any atom is -0.269 e. The molecule has 0 fully saturated rings. The van der Waals surface area contributed by atoms with Crippen molar-refractivity contribution in [2.75, 3.05) is 0 Å². The molecule has 3 aromatic rings. The Morgan fingerprint density at radius 1 is 0.828 bits per heavy atom. The largest absolute Gasteiger partial charge is 0.269 e. The van der Waals surface area contributed by atoms with Gasteiger partial charge in [-0.05, 0) is 54.1 Å². The van der Waals surface area contributed by atoms with E-state index in [4.69, 9.17) is 23.2 Å².